The molecule has 16 heavy (non-hydrogen) atoms. The molecule has 0 aromatic rings. The quantitative estimate of drug-likeness (QED) is 0.371. The van der Waals surface area contributed by atoms with E-state index in [1.54, 1.807) is 0 Å². The van der Waals surface area contributed by atoms with Gasteiger partial charge in [-0.05, 0) is 37.9 Å². The van der Waals surface area contributed by atoms with Crippen LogP contribution in [0.25, 0.3) is 0 Å². The van der Waals surface area contributed by atoms with E-state index in [-0.39, 0.29) is 34.9 Å². The van der Waals surface area contributed by atoms with E-state index in [4.69, 9.17) is 15.3 Å². The monoisotopic (exact) mass is 356 g/mol. The molecule has 0 spiro atoms. The first-order valence-corrected chi connectivity index (χ1v) is 5.61. The van der Waals surface area contributed by atoms with Gasteiger partial charge in [0.05, 0.1) is 0 Å². The van der Waals surface area contributed by atoms with E-state index < -0.39 is 17.9 Å². The maximum absolute atomic E-state index is 9.43. The molecule has 0 saturated carbocycles. The normalized spacial score (nSPS) is 6.94. The molecule has 94 valence electrons. The summed E-state index contributed by atoms with van der Waals surface area (Å²) in [5.41, 5.74) is 0. The molecule has 0 aliphatic carbocycles. The van der Waals surface area contributed by atoms with Gasteiger partial charge in [0.15, 0.2) is 0 Å². The molecular formula is C6H18GeO6S3+6. The summed E-state index contributed by atoms with van der Waals surface area (Å²) in [7, 11) is 0. The smallest absolute Gasteiger partial charge is 0.561 e. The molecule has 0 bridgehead atoms. The SMILES string of the molecule is O=C([OH2+])C[SH2+].O=C([OH2+])C[SH2+].O=C([OH2+])C[SH2+].[Ge]. The first-order valence-electron chi connectivity index (χ1n) is 3.48. The minimum Gasteiger partial charge on any atom is -0.561 e. The Labute approximate surface area is 120 Å². The second kappa shape index (κ2) is 20.4. The fourth-order valence-electron chi connectivity index (χ4n) is 0. The number of hydrogen-bond acceptors (Lipinski definition) is 3. The molecule has 0 aliphatic heterocycles. The van der Waals surface area contributed by atoms with Gasteiger partial charge in [0.1, 0.15) is 0 Å². The molecule has 0 aliphatic rings. The van der Waals surface area contributed by atoms with E-state index in [1.807, 2.05) is 0 Å². The van der Waals surface area contributed by atoms with Gasteiger partial charge in [-0.2, -0.15) is 0 Å². The molecule has 0 fully saturated rings. The summed E-state index contributed by atoms with van der Waals surface area (Å²) in [5, 5.41) is 18.4. The van der Waals surface area contributed by atoms with Crippen LogP contribution < -0.4 is 0 Å². The Balaban J connectivity index is -0.0000000655. The van der Waals surface area contributed by atoms with Gasteiger partial charge in [0.2, 0.25) is 0 Å². The molecule has 0 amide bonds. The van der Waals surface area contributed by atoms with Crippen LogP contribution in [-0.4, -0.2) is 68.1 Å². The van der Waals surface area contributed by atoms with Gasteiger partial charge in [-0.25, -0.2) is 0 Å². The maximum Gasteiger partial charge on any atom is 0.565 e. The average molecular weight is 355 g/mol. The minimum absolute atomic E-state index is 0. The van der Waals surface area contributed by atoms with Gasteiger partial charge >= 0.3 is 17.9 Å². The third kappa shape index (κ3) is 65.7. The predicted molar refractivity (Wildman–Crippen MR) is 76.7 cm³/mol. The second-order valence-electron chi connectivity index (χ2n) is 1.80. The molecule has 0 rings (SSSR count). The number of carbonyl (C=O) groups is 3. The third-order valence-corrected chi connectivity index (χ3v) is 1.45. The van der Waals surface area contributed by atoms with E-state index in [2.05, 4.69) is 37.9 Å². The summed E-state index contributed by atoms with van der Waals surface area (Å²) in [4.78, 5) is 28.3. The molecule has 0 heterocycles. The Morgan fingerprint density at radius 2 is 0.750 bits per heavy atom. The van der Waals surface area contributed by atoms with Crippen molar-refractivity contribution in [3.63, 3.8) is 0 Å². The summed E-state index contributed by atoms with van der Waals surface area (Å²) < 4.78 is 0. The first-order chi connectivity index (χ1) is 6.81. The molecule has 0 atom stereocenters. The summed E-state index contributed by atoms with van der Waals surface area (Å²) in [6.45, 7) is 0. The van der Waals surface area contributed by atoms with Gasteiger partial charge in [-0.3, -0.25) is 0 Å². The van der Waals surface area contributed by atoms with Crippen LogP contribution in [0.5, 0.6) is 0 Å². The number of rotatable bonds is 3. The van der Waals surface area contributed by atoms with Crippen LogP contribution in [0, 0.1) is 0 Å². The molecule has 0 unspecified atom stereocenters. The van der Waals surface area contributed by atoms with Crippen molar-refractivity contribution in [1.29, 1.82) is 0 Å². The molecule has 6 nitrogen and oxygen atoms in total. The Morgan fingerprint density at radius 3 is 0.750 bits per heavy atom. The van der Waals surface area contributed by atoms with Crippen LogP contribution in [0.4, 0.5) is 0 Å². The van der Waals surface area contributed by atoms with Crippen molar-refractivity contribution < 1.29 is 29.7 Å². The largest absolute Gasteiger partial charge is 0.565 e. The summed E-state index contributed by atoms with van der Waals surface area (Å²) in [5.74, 6) is -1.33. The van der Waals surface area contributed by atoms with Crippen LogP contribution in [0.1, 0.15) is 0 Å². The van der Waals surface area contributed by atoms with Gasteiger partial charge in [-0.1, -0.05) is 0 Å². The number of hydrogen-bond donors (Lipinski definition) is 0. The van der Waals surface area contributed by atoms with Gasteiger partial charge in [0, 0.05) is 32.0 Å². The molecule has 0 aromatic heterocycles. The Hall–Kier alpha value is 0.00286. The standard InChI is InChI=1S/3C2H4O2S.Ge/c3*3-2(4)1-5;/h3*5H,1H2,(H,3,4);/p+6. The van der Waals surface area contributed by atoms with E-state index >= 15 is 0 Å². The minimum atomic E-state index is -0.582. The zero-order valence-corrected chi connectivity index (χ0v) is 13.4. The molecular weight excluding hydrogens is 337 g/mol. The zero-order chi connectivity index (χ0) is 12.9. The predicted octanol–water partition coefficient (Wildman–Crippen LogP) is -5.63. The molecule has 0 aromatic carbocycles. The molecule has 10 heteroatoms. The third-order valence-electron chi connectivity index (χ3n) is 0.482. The number of carbonyl (C=O) groups excluding carboxylic acids is 3. The van der Waals surface area contributed by atoms with Gasteiger partial charge in [0.25, 0.3) is 17.3 Å². The first kappa shape index (κ1) is 25.0. The molecule has 6 N–H and O–H groups in total. The van der Waals surface area contributed by atoms with E-state index in [0.29, 0.717) is 0 Å². The van der Waals surface area contributed by atoms with Crippen molar-refractivity contribution in [3.05, 3.63) is 0 Å². The molecule has 4 radical (unpaired) electrons. The maximum atomic E-state index is 9.43. The Kier molecular flexibility index (Phi) is 31.9. The van der Waals surface area contributed by atoms with Crippen molar-refractivity contribution in [2.45, 2.75) is 0 Å². The topological polar surface area (TPSA) is 120 Å². The van der Waals surface area contributed by atoms with Crippen molar-refractivity contribution in [2.24, 2.45) is 0 Å². The fourth-order valence-corrected chi connectivity index (χ4v) is 0. The van der Waals surface area contributed by atoms with Crippen molar-refractivity contribution in [3.8, 4) is 0 Å². The average Bonchev–Trinajstić information content (AvgIpc) is 2.19. The van der Waals surface area contributed by atoms with Crippen molar-refractivity contribution in [1.82, 2.24) is 0 Å². The Bertz CT molecular complexity index is 167. The van der Waals surface area contributed by atoms with Crippen LogP contribution in [0.2, 0.25) is 0 Å². The van der Waals surface area contributed by atoms with Crippen LogP contribution in [0.3, 0.4) is 0 Å². The van der Waals surface area contributed by atoms with Crippen molar-refractivity contribution >= 4 is 73.4 Å². The second-order valence-corrected chi connectivity index (χ2v) is 2.86. The van der Waals surface area contributed by atoms with Crippen LogP contribution >= 0.6 is 0 Å². The van der Waals surface area contributed by atoms with Crippen LogP contribution in [-0.2, 0) is 52.3 Å². The summed E-state index contributed by atoms with van der Waals surface area (Å²) >= 11 is 8.45. The van der Waals surface area contributed by atoms with Crippen molar-refractivity contribution in [2.75, 3.05) is 17.3 Å². The molecule has 0 saturated heterocycles. The fraction of sp³-hybridized carbons (Fsp3) is 0.500. The van der Waals surface area contributed by atoms with E-state index in [1.165, 1.54) is 0 Å². The Morgan fingerprint density at radius 1 is 0.688 bits per heavy atom. The zero-order valence-electron chi connectivity index (χ0n) is 8.35. The van der Waals surface area contributed by atoms with Crippen LogP contribution in [0.15, 0.2) is 0 Å². The van der Waals surface area contributed by atoms with Gasteiger partial charge < -0.3 is 15.3 Å². The van der Waals surface area contributed by atoms with Gasteiger partial charge in [-0.15, -0.1) is 0 Å². The summed E-state index contributed by atoms with van der Waals surface area (Å²) in [6.07, 6.45) is 0. The van der Waals surface area contributed by atoms with E-state index in [0.717, 1.165) is 0 Å². The summed E-state index contributed by atoms with van der Waals surface area (Å²) in [6, 6.07) is 0. The van der Waals surface area contributed by atoms with E-state index in [9.17, 15) is 14.4 Å².